The highest BCUT2D eigenvalue weighted by atomic mass is 32.1. The third kappa shape index (κ3) is 5.60. The van der Waals surface area contributed by atoms with Gasteiger partial charge in [0.15, 0.2) is 0 Å². The number of anilines is 3. The Bertz CT molecular complexity index is 3410. The predicted molar refractivity (Wildman–Crippen MR) is 271 cm³/mol. The fraction of sp³-hybridized carbons (Fsp3) is 0.148. The third-order valence-electron chi connectivity index (χ3n) is 14.0. The number of hydrogen-bond donors (Lipinski definition) is 0. The molecule has 2 heteroatoms. The highest BCUT2D eigenvalue weighted by Crippen LogP contribution is 2.65. The molecule has 0 amide bonds. The van der Waals surface area contributed by atoms with Gasteiger partial charge in [0.05, 0.1) is 21.5 Å². The maximum absolute atomic E-state index is 2.56. The summed E-state index contributed by atoms with van der Waals surface area (Å²) in [6.45, 7) is 14.0. The second-order valence-electron chi connectivity index (χ2n) is 19.7. The van der Waals surface area contributed by atoms with Crippen molar-refractivity contribution in [1.82, 2.24) is 0 Å². The summed E-state index contributed by atoms with van der Waals surface area (Å²) in [5.41, 5.74) is 18.9. The molecule has 1 heterocycles. The van der Waals surface area contributed by atoms with Gasteiger partial charge in [0.1, 0.15) is 0 Å². The lowest BCUT2D eigenvalue weighted by atomic mass is 9.69. The van der Waals surface area contributed by atoms with Crippen molar-refractivity contribution in [2.45, 2.75) is 57.8 Å². The first-order valence-electron chi connectivity index (χ1n) is 22.3. The van der Waals surface area contributed by atoms with E-state index < -0.39 is 5.41 Å². The van der Waals surface area contributed by atoms with Crippen LogP contribution in [0.15, 0.2) is 188 Å². The fourth-order valence-corrected chi connectivity index (χ4v) is 12.0. The third-order valence-corrected chi connectivity index (χ3v) is 15.2. The summed E-state index contributed by atoms with van der Waals surface area (Å²) in [5.74, 6) is 0. The second kappa shape index (κ2) is 13.6. The maximum atomic E-state index is 2.56. The molecule has 0 radical (unpaired) electrons. The molecule has 304 valence electrons. The van der Waals surface area contributed by atoms with E-state index in [1.165, 1.54) is 109 Å². The first-order chi connectivity index (χ1) is 30.5. The van der Waals surface area contributed by atoms with Crippen LogP contribution in [0.5, 0.6) is 0 Å². The van der Waals surface area contributed by atoms with Crippen LogP contribution in [-0.2, 0) is 16.2 Å². The molecule has 0 saturated heterocycles. The van der Waals surface area contributed by atoms with Gasteiger partial charge in [0, 0.05) is 26.7 Å². The summed E-state index contributed by atoms with van der Waals surface area (Å²) < 4.78 is 2.59. The Morgan fingerprint density at radius 3 is 1.73 bits per heavy atom. The molecule has 0 atom stereocenters. The Balaban J connectivity index is 1.15. The summed E-state index contributed by atoms with van der Waals surface area (Å²) in [5, 5.41) is 5.10. The molecule has 10 aromatic rings. The minimum atomic E-state index is -0.496. The number of rotatable bonds is 4. The highest BCUT2D eigenvalue weighted by Gasteiger charge is 2.53. The molecule has 63 heavy (non-hydrogen) atoms. The molecule has 1 spiro atoms. The molecular formula is C61H49NS. The second-order valence-corrected chi connectivity index (χ2v) is 20.8. The lowest BCUT2D eigenvalue weighted by Gasteiger charge is -2.33. The molecule has 0 saturated carbocycles. The Labute approximate surface area is 374 Å². The lowest BCUT2D eigenvalue weighted by Crippen LogP contribution is -2.27. The van der Waals surface area contributed by atoms with Gasteiger partial charge in [0.2, 0.25) is 0 Å². The van der Waals surface area contributed by atoms with Crippen LogP contribution in [-0.4, -0.2) is 0 Å². The number of thiophene rings is 1. The Kier molecular flexibility index (Phi) is 8.22. The normalized spacial score (nSPS) is 13.7. The monoisotopic (exact) mass is 827 g/mol. The smallest absolute Gasteiger partial charge is 0.0726 e. The van der Waals surface area contributed by atoms with E-state index in [2.05, 4.69) is 234 Å². The van der Waals surface area contributed by atoms with Crippen molar-refractivity contribution in [3.63, 3.8) is 0 Å². The van der Waals surface area contributed by atoms with Gasteiger partial charge in [-0.15, -0.1) is 11.3 Å². The van der Waals surface area contributed by atoms with Gasteiger partial charge in [-0.05, 0) is 119 Å². The number of hydrogen-bond acceptors (Lipinski definition) is 2. The zero-order valence-corrected chi connectivity index (χ0v) is 37.6. The zero-order chi connectivity index (χ0) is 42.8. The fourth-order valence-electron chi connectivity index (χ4n) is 10.8. The molecule has 0 unspecified atom stereocenters. The van der Waals surface area contributed by atoms with Crippen molar-refractivity contribution < 1.29 is 0 Å². The van der Waals surface area contributed by atoms with Crippen LogP contribution in [0.3, 0.4) is 0 Å². The number of benzene rings is 9. The molecule has 12 rings (SSSR count). The van der Waals surface area contributed by atoms with E-state index in [4.69, 9.17) is 0 Å². The SMILES string of the molecule is CC(C)(C)c1ccc2c(c1)C1(c3cc(C(C)(C)C)ccc3-2)c2ccccc2-c2c(N(c3ccc(-c4ccc5ccccc5c4)cc3)c3cccc4c3sc3ccccc34)cccc21. The van der Waals surface area contributed by atoms with Gasteiger partial charge in [-0.1, -0.05) is 193 Å². The van der Waals surface area contributed by atoms with E-state index in [-0.39, 0.29) is 10.8 Å². The van der Waals surface area contributed by atoms with Crippen molar-refractivity contribution in [1.29, 1.82) is 0 Å². The van der Waals surface area contributed by atoms with Crippen molar-refractivity contribution in [3.05, 3.63) is 221 Å². The van der Waals surface area contributed by atoms with Crippen molar-refractivity contribution in [2.75, 3.05) is 4.90 Å². The van der Waals surface area contributed by atoms with Crippen LogP contribution < -0.4 is 4.90 Å². The van der Waals surface area contributed by atoms with Crippen LogP contribution >= 0.6 is 11.3 Å². The van der Waals surface area contributed by atoms with Gasteiger partial charge in [-0.3, -0.25) is 0 Å². The van der Waals surface area contributed by atoms with E-state index in [0.717, 1.165) is 5.69 Å². The minimum Gasteiger partial charge on any atom is -0.308 e. The van der Waals surface area contributed by atoms with Crippen LogP contribution in [0.1, 0.15) is 74.9 Å². The summed E-state index contributed by atoms with van der Waals surface area (Å²) in [6.07, 6.45) is 0. The van der Waals surface area contributed by atoms with Crippen LogP contribution in [0.4, 0.5) is 17.1 Å². The van der Waals surface area contributed by atoms with Crippen LogP contribution in [0, 0.1) is 0 Å². The zero-order valence-electron chi connectivity index (χ0n) is 36.8. The van der Waals surface area contributed by atoms with E-state index in [1.54, 1.807) is 0 Å². The van der Waals surface area contributed by atoms with Gasteiger partial charge in [0.25, 0.3) is 0 Å². The summed E-state index contributed by atoms with van der Waals surface area (Å²) in [6, 6.07) is 71.5. The van der Waals surface area contributed by atoms with Gasteiger partial charge < -0.3 is 4.90 Å². The molecule has 1 aromatic heterocycles. The standard InChI is InChI=1S/C61H49NS/c1-59(2,3)42-29-33-45-46-34-30-43(60(4,5)6)37-53(46)61(52(45)36-42)50-20-11-9-18-49(50)57-51(61)21-14-22-54(57)62(55-23-13-19-48-47-17-10-12-24-56(47)63-58(48)55)44-31-27-39(28-32-44)41-26-25-38-15-7-8-16-40(38)35-41/h7-37H,1-6H3. The lowest BCUT2D eigenvalue weighted by molar-refractivity contribution is 0.586. The van der Waals surface area contributed by atoms with Crippen LogP contribution in [0.2, 0.25) is 0 Å². The number of fused-ring (bicyclic) bond motifs is 14. The Hall–Kier alpha value is -6.74. The summed E-state index contributed by atoms with van der Waals surface area (Å²) in [4.78, 5) is 2.56. The van der Waals surface area contributed by atoms with E-state index >= 15 is 0 Å². The van der Waals surface area contributed by atoms with E-state index in [0.29, 0.717) is 0 Å². The highest BCUT2D eigenvalue weighted by molar-refractivity contribution is 7.26. The molecular weight excluding hydrogens is 779 g/mol. The first kappa shape index (κ1) is 38.0. The van der Waals surface area contributed by atoms with Gasteiger partial charge in [-0.25, -0.2) is 0 Å². The first-order valence-corrected chi connectivity index (χ1v) is 23.2. The molecule has 1 nitrogen and oxygen atoms in total. The molecule has 2 aliphatic rings. The summed E-state index contributed by atoms with van der Waals surface area (Å²) in [7, 11) is 0. The van der Waals surface area contributed by atoms with Crippen molar-refractivity contribution in [2.24, 2.45) is 0 Å². The summed E-state index contributed by atoms with van der Waals surface area (Å²) >= 11 is 1.89. The predicted octanol–water partition coefficient (Wildman–Crippen LogP) is 17.3. The molecule has 0 bridgehead atoms. The molecule has 0 N–H and O–H groups in total. The van der Waals surface area contributed by atoms with Gasteiger partial charge in [-0.2, -0.15) is 0 Å². The van der Waals surface area contributed by atoms with Crippen molar-refractivity contribution >= 4 is 59.3 Å². The van der Waals surface area contributed by atoms with Gasteiger partial charge >= 0.3 is 0 Å². The molecule has 9 aromatic carbocycles. The maximum Gasteiger partial charge on any atom is 0.0726 e. The van der Waals surface area contributed by atoms with E-state index in [9.17, 15) is 0 Å². The topological polar surface area (TPSA) is 3.24 Å². The number of nitrogens with zero attached hydrogens (tertiary/aromatic N) is 1. The average Bonchev–Trinajstić information content (AvgIpc) is 3.93. The van der Waals surface area contributed by atoms with Crippen molar-refractivity contribution in [3.8, 4) is 33.4 Å². The minimum absolute atomic E-state index is 0.0108. The Morgan fingerprint density at radius 1 is 0.413 bits per heavy atom. The van der Waals surface area contributed by atoms with Crippen LogP contribution in [0.25, 0.3) is 64.3 Å². The average molecular weight is 828 g/mol. The molecule has 2 aliphatic carbocycles. The Morgan fingerprint density at radius 2 is 1.00 bits per heavy atom. The quantitative estimate of drug-likeness (QED) is 0.171. The molecule has 0 aliphatic heterocycles. The van der Waals surface area contributed by atoms with E-state index in [1.807, 2.05) is 11.3 Å². The molecule has 0 fully saturated rings. The largest absolute Gasteiger partial charge is 0.308 e.